The van der Waals surface area contributed by atoms with E-state index < -0.39 is 17.1 Å². The maximum atomic E-state index is 16.9. The average molecular weight is 409 g/mol. The third-order valence-corrected chi connectivity index (χ3v) is 9.43. The van der Waals surface area contributed by atoms with Crippen molar-refractivity contribution >= 4 is 22.7 Å². The number of fused-ring (bicyclic) bond motifs is 5. The molecule has 4 aliphatic rings. The molecular formula is C23H30F2O2S. The van der Waals surface area contributed by atoms with Gasteiger partial charge in [-0.25, -0.2) is 8.78 Å². The summed E-state index contributed by atoms with van der Waals surface area (Å²) in [5.41, 5.74) is -1.51. The highest BCUT2D eigenvalue weighted by Gasteiger charge is 2.69. The van der Waals surface area contributed by atoms with E-state index in [1.54, 1.807) is 12.2 Å². The predicted molar refractivity (Wildman–Crippen MR) is 108 cm³/mol. The SMILES string of the molecule is C[C@@H]1CC2C3C[C@H](C)C4=CC(=O)C=CC4(C)[C@@]3(F)CCC2(C)C1C(=O)SCF. The molecule has 5 heteroatoms. The van der Waals surface area contributed by atoms with E-state index >= 15 is 4.39 Å². The Morgan fingerprint density at radius 2 is 1.93 bits per heavy atom. The van der Waals surface area contributed by atoms with Gasteiger partial charge in [0.2, 0.25) is 0 Å². The van der Waals surface area contributed by atoms with E-state index in [-0.39, 0.29) is 45.9 Å². The van der Waals surface area contributed by atoms with Gasteiger partial charge >= 0.3 is 0 Å². The summed E-state index contributed by atoms with van der Waals surface area (Å²) < 4.78 is 29.8. The van der Waals surface area contributed by atoms with Crippen LogP contribution in [-0.2, 0) is 9.59 Å². The molecule has 28 heavy (non-hydrogen) atoms. The number of carbonyl (C=O) groups excluding carboxylic acids is 2. The Hall–Kier alpha value is -0.970. The highest BCUT2D eigenvalue weighted by molar-refractivity contribution is 8.13. The number of hydrogen-bond acceptors (Lipinski definition) is 3. The van der Waals surface area contributed by atoms with Gasteiger partial charge in [0.1, 0.15) is 11.7 Å². The second-order valence-corrected chi connectivity index (χ2v) is 10.9. The van der Waals surface area contributed by atoms with Crippen molar-refractivity contribution in [3.8, 4) is 0 Å². The van der Waals surface area contributed by atoms with Crippen molar-refractivity contribution in [1.82, 2.24) is 0 Å². The van der Waals surface area contributed by atoms with Crippen LogP contribution in [0.5, 0.6) is 0 Å². The van der Waals surface area contributed by atoms with Crippen molar-refractivity contribution in [1.29, 1.82) is 0 Å². The molecule has 0 aromatic rings. The topological polar surface area (TPSA) is 34.1 Å². The van der Waals surface area contributed by atoms with Crippen LogP contribution < -0.4 is 0 Å². The molecule has 0 saturated heterocycles. The lowest BCUT2D eigenvalue weighted by atomic mass is 9.44. The van der Waals surface area contributed by atoms with Crippen LogP contribution in [-0.4, -0.2) is 22.6 Å². The van der Waals surface area contributed by atoms with E-state index in [0.29, 0.717) is 19.3 Å². The van der Waals surface area contributed by atoms with Gasteiger partial charge in [0.25, 0.3) is 0 Å². The second-order valence-electron chi connectivity index (χ2n) is 10.0. The van der Waals surface area contributed by atoms with E-state index in [1.807, 2.05) is 6.92 Å². The minimum atomic E-state index is -1.41. The molecule has 0 spiro atoms. The summed E-state index contributed by atoms with van der Waals surface area (Å²) >= 11 is 0.776. The third kappa shape index (κ3) is 2.50. The summed E-state index contributed by atoms with van der Waals surface area (Å²) in [6.07, 6.45) is 7.53. The fourth-order valence-corrected chi connectivity index (χ4v) is 8.27. The molecule has 0 aromatic carbocycles. The zero-order valence-electron chi connectivity index (χ0n) is 17.1. The number of carbonyl (C=O) groups is 2. The van der Waals surface area contributed by atoms with Gasteiger partial charge in [0.05, 0.1) is 0 Å². The molecule has 0 aromatic heterocycles. The van der Waals surface area contributed by atoms with Crippen LogP contribution in [0.3, 0.4) is 0 Å². The fraction of sp³-hybridized carbons (Fsp3) is 0.739. The van der Waals surface area contributed by atoms with Crippen LogP contribution in [0.15, 0.2) is 23.8 Å². The van der Waals surface area contributed by atoms with Crippen LogP contribution in [0, 0.1) is 40.4 Å². The van der Waals surface area contributed by atoms with E-state index in [2.05, 4.69) is 20.8 Å². The summed E-state index contributed by atoms with van der Waals surface area (Å²) in [6, 6.07) is -0.693. The second kappa shape index (κ2) is 6.52. The fourth-order valence-electron chi connectivity index (χ4n) is 7.48. The number of thioether (sulfide) groups is 1. The highest BCUT2D eigenvalue weighted by Crippen LogP contribution is 2.70. The molecule has 5 unspecified atom stereocenters. The Balaban J connectivity index is 1.75. The first-order valence-electron chi connectivity index (χ1n) is 10.5. The minimum absolute atomic E-state index is 0.0505. The third-order valence-electron chi connectivity index (χ3n) is 8.78. The summed E-state index contributed by atoms with van der Waals surface area (Å²) in [4.78, 5) is 24.7. The Morgan fingerprint density at radius 1 is 1.21 bits per heavy atom. The Kier molecular flexibility index (Phi) is 4.73. The summed E-state index contributed by atoms with van der Waals surface area (Å²) in [5.74, 6) is 0.00344. The van der Waals surface area contributed by atoms with E-state index in [9.17, 15) is 14.0 Å². The summed E-state index contributed by atoms with van der Waals surface area (Å²) in [5, 5.41) is -0.0647. The monoisotopic (exact) mass is 408 g/mol. The molecule has 8 atom stereocenters. The van der Waals surface area contributed by atoms with Gasteiger partial charge in [-0.05, 0) is 73.8 Å². The van der Waals surface area contributed by atoms with Crippen molar-refractivity contribution in [2.45, 2.75) is 59.0 Å². The lowest BCUT2D eigenvalue weighted by Crippen LogP contribution is -2.61. The first-order valence-corrected chi connectivity index (χ1v) is 11.4. The Bertz CT molecular complexity index is 777. The molecule has 3 fully saturated rings. The molecule has 0 radical (unpaired) electrons. The molecule has 0 heterocycles. The van der Waals surface area contributed by atoms with E-state index in [4.69, 9.17) is 0 Å². The molecule has 3 saturated carbocycles. The van der Waals surface area contributed by atoms with Gasteiger partial charge in [-0.2, -0.15) is 0 Å². The maximum Gasteiger partial charge on any atom is 0.195 e. The minimum Gasteiger partial charge on any atom is -0.290 e. The first-order chi connectivity index (χ1) is 13.1. The van der Waals surface area contributed by atoms with E-state index in [1.165, 1.54) is 6.08 Å². The van der Waals surface area contributed by atoms with Crippen LogP contribution in [0.1, 0.15) is 53.4 Å². The van der Waals surface area contributed by atoms with Crippen molar-refractivity contribution < 1.29 is 18.4 Å². The number of ketones is 1. The Labute approximate surface area is 170 Å². The molecule has 0 aliphatic heterocycles. The van der Waals surface area contributed by atoms with E-state index in [0.717, 1.165) is 23.8 Å². The molecule has 154 valence electrons. The molecule has 0 bridgehead atoms. The van der Waals surface area contributed by atoms with Crippen molar-refractivity contribution in [2.24, 2.45) is 40.4 Å². The lowest BCUT2D eigenvalue weighted by Gasteiger charge is -2.61. The van der Waals surface area contributed by atoms with Gasteiger partial charge in [0.15, 0.2) is 10.9 Å². The first kappa shape index (κ1) is 20.3. The maximum absolute atomic E-state index is 16.9. The van der Waals surface area contributed by atoms with Crippen molar-refractivity contribution in [3.05, 3.63) is 23.8 Å². The number of halogens is 2. The van der Waals surface area contributed by atoms with Gasteiger partial charge in [-0.15, -0.1) is 0 Å². The zero-order valence-corrected chi connectivity index (χ0v) is 18.0. The largest absolute Gasteiger partial charge is 0.290 e. The van der Waals surface area contributed by atoms with Crippen LogP contribution >= 0.6 is 11.8 Å². The summed E-state index contributed by atoms with van der Waals surface area (Å²) in [6.45, 7) is 8.26. The van der Waals surface area contributed by atoms with Crippen LogP contribution in [0.25, 0.3) is 0 Å². The zero-order chi connectivity index (χ0) is 20.5. The quantitative estimate of drug-likeness (QED) is 0.589. The lowest BCUT2D eigenvalue weighted by molar-refractivity contribution is -0.142. The van der Waals surface area contributed by atoms with Gasteiger partial charge in [-0.1, -0.05) is 44.2 Å². The highest BCUT2D eigenvalue weighted by atomic mass is 32.2. The molecule has 4 aliphatic carbocycles. The van der Waals surface area contributed by atoms with Gasteiger partial charge < -0.3 is 0 Å². The van der Waals surface area contributed by atoms with Gasteiger partial charge in [0, 0.05) is 11.3 Å². The molecule has 4 rings (SSSR count). The summed E-state index contributed by atoms with van der Waals surface area (Å²) in [7, 11) is 0. The number of hydrogen-bond donors (Lipinski definition) is 0. The van der Waals surface area contributed by atoms with Gasteiger partial charge in [-0.3, -0.25) is 9.59 Å². The predicted octanol–water partition coefficient (Wildman–Crippen LogP) is 5.68. The van der Waals surface area contributed by atoms with Crippen molar-refractivity contribution in [3.63, 3.8) is 0 Å². The number of rotatable bonds is 2. The number of allylic oxidation sites excluding steroid dienone is 4. The molecule has 0 amide bonds. The smallest absolute Gasteiger partial charge is 0.195 e. The molecule has 0 N–H and O–H groups in total. The number of alkyl halides is 2. The Morgan fingerprint density at radius 3 is 2.61 bits per heavy atom. The van der Waals surface area contributed by atoms with Crippen LogP contribution in [0.2, 0.25) is 0 Å². The average Bonchev–Trinajstić information content (AvgIpc) is 2.90. The standard InChI is InChI=1S/C23H30F2O2S/c1-13-9-18-17-10-14(2)19(20(27)28-12-24)21(17,3)7-8-23(18,25)22(4)6-5-15(26)11-16(13)22/h5-6,11,13-14,17-19H,7-10,12H2,1-4H3/t13-,14+,17?,18?,19?,21?,22?,23+/m0/s1. The molecular weight excluding hydrogens is 378 g/mol. The molecule has 2 nitrogen and oxygen atoms in total. The van der Waals surface area contributed by atoms with Crippen LogP contribution in [0.4, 0.5) is 8.78 Å². The normalized spacial score (nSPS) is 49.9. The van der Waals surface area contributed by atoms with Crippen molar-refractivity contribution in [2.75, 3.05) is 6.01 Å².